The van der Waals surface area contributed by atoms with E-state index in [1.165, 1.54) is 6.42 Å². The average molecular weight is 281 g/mol. The van der Waals surface area contributed by atoms with Gasteiger partial charge in [0.05, 0.1) is 10.4 Å². The Labute approximate surface area is 118 Å². The molecule has 1 aliphatic rings. The van der Waals surface area contributed by atoms with Gasteiger partial charge in [0.2, 0.25) is 5.91 Å². The van der Waals surface area contributed by atoms with Crippen molar-refractivity contribution in [2.24, 2.45) is 11.1 Å². The first-order valence-electron chi connectivity index (χ1n) is 7.06. The van der Waals surface area contributed by atoms with E-state index in [1.54, 1.807) is 17.5 Å². The highest BCUT2D eigenvalue weighted by Gasteiger charge is 2.38. The van der Waals surface area contributed by atoms with Crippen molar-refractivity contribution in [2.75, 3.05) is 13.1 Å². The van der Waals surface area contributed by atoms with Gasteiger partial charge in [-0.1, -0.05) is 26.2 Å². The fourth-order valence-electron chi connectivity index (χ4n) is 2.75. The topological polar surface area (TPSA) is 68.0 Å². The first-order chi connectivity index (χ1) is 9.18. The summed E-state index contributed by atoms with van der Waals surface area (Å²) in [6.07, 6.45) is 7.13. The molecule has 0 aromatic carbocycles. The van der Waals surface area contributed by atoms with E-state index in [9.17, 15) is 4.79 Å². The minimum atomic E-state index is -0.319. The van der Waals surface area contributed by atoms with Gasteiger partial charge in [-0.25, -0.2) is 4.98 Å². The molecule has 0 radical (unpaired) electrons. The van der Waals surface area contributed by atoms with Crippen LogP contribution in [-0.4, -0.2) is 24.0 Å². The van der Waals surface area contributed by atoms with Crippen LogP contribution in [0.1, 0.15) is 50.0 Å². The van der Waals surface area contributed by atoms with Crippen molar-refractivity contribution in [3.8, 4) is 0 Å². The van der Waals surface area contributed by atoms with E-state index in [-0.39, 0.29) is 17.2 Å². The molecule has 19 heavy (non-hydrogen) atoms. The van der Waals surface area contributed by atoms with Crippen LogP contribution in [0.25, 0.3) is 0 Å². The maximum Gasteiger partial charge on any atom is 0.227 e. The second kappa shape index (κ2) is 6.48. The van der Waals surface area contributed by atoms with E-state index in [2.05, 4.69) is 17.2 Å². The van der Waals surface area contributed by atoms with E-state index in [0.29, 0.717) is 13.1 Å². The number of carbonyl (C=O) groups excluding carboxylic acids is 1. The van der Waals surface area contributed by atoms with Gasteiger partial charge in [-0.05, 0) is 12.8 Å². The Morgan fingerprint density at radius 1 is 1.53 bits per heavy atom. The highest BCUT2D eigenvalue weighted by molar-refractivity contribution is 7.09. The summed E-state index contributed by atoms with van der Waals surface area (Å²) in [5, 5.41) is 6.12. The molecule has 1 saturated carbocycles. The lowest BCUT2D eigenvalue weighted by Gasteiger charge is -2.34. The van der Waals surface area contributed by atoms with Crippen molar-refractivity contribution in [3.63, 3.8) is 0 Å². The zero-order chi connectivity index (χ0) is 13.7. The van der Waals surface area contributed by atoms with Gasteiger partial charge in [-0.3, -0.25) is 4.79 Å². The van der Waals surface area contributed by atoms with Gasteiger partial charge in [0, 0.05) is 30.6 Å². The predicted molar refractivity (Wildman–Crippen MR) is 78.1 cm³/mol. The van der Waals surface area contributed by atoms with Gasteiger partial charge in [-0.15, -0.1) is 11.3 Å². The summed E-state index contributed by atoms with van der Waals surface area (Å²) in [4.78, 5) is 16.7. The fourth-order valence-corrected chi connectivity index (χ4v) is 3.45. The van der Waals surface area contributed by atoms with Crippen molar-refractivity contribution in [1.82, 2.24) is 10.3 Å². The molecule has 1 aromatic rings. The van der Waals surface area contributed by atoms with Crippen LogP contribution in [-0.2, 0) is 4.79 Å². The van der Waals surface area contributed by atoms with Crippen LogP contribution in [0.4, 0.5) is 0 Å². The quantitative estimate of drug-likeness (QED) is 0.870. The molecule has 4 nitrogen and oxygen atoms in total. The number of nitrogens with zero attached hydrogens (tertiary/aromatic N) is 1. The third-order valence-electron chi connectivity index (χ3n) is 4.12. The summed E-state index contributed by atoms with van der Waals surface area (Å²) in [5.41, 5.74) is 5.55. The molecule has 1 aromatic heterocycles. The lowest BCUT2D eigenvalue weighted by atomic mass is 9.73. The number of amides is 1. The number of thiazole rings is 1. The molecule has 0 spiro atoms. The Hall–Kier alpha value is -0.940. The molecule has 1 unspecified atom stereocenters. The van der Waals surface area contributed by atoms with Gasteiger partial charge in [0.1, 0.15) is 0 Å². The largest absolute Gasteiger partial charge is 0.355 e. The number of hydrogen-bond acceptors (Lipinski definition) is 4. The number of rotatable bonds is 5. The normalized spacial score (nSPS) is 19.9. The molecule has 5 heteroatoms. The van der Waals surface area contributed by atoms with Crippen LogP contribution in [0, 0.1) is 5.41 Å². The predicted octanol–water partition coefficient (Wildman–Crippen LogP) is 2.27. The molecule has 0 bridgehead atoms. The zero-order valence-corrected chi connectivity index (χ0v) is 12.3. The molecule has 1 amide bonds. The van der Waals surface area contributed by atoms with Crippen molar-refractivity contribution in [3.05, 3.63) is 16.6 Å². The number of hydrogen-bond donors (Lipinski definition) is 2. The summed E-state index contributed by atoms with van der Waals surface area (Å²) in [6, 6.07) is 0. The second-order valence-corrected chi connectivity index (χ2v) is 6.45. The molecule has 1 heterocycles. The van der Waals surface area contributed by atoms with Crippen LogP contribution in [0.5, 0.6) is 0 Å². The smallest absolute Gasteiger partial charge is 0.227 e. The third kappa shape index (κ3) is 3.34. The summed E-state index contributed by atoms with van der Waals surface area (Å²) in [7, 11) is 0. The Kier molecular flexibility index (Phi) is 4.93. The van der Waals surface area contributed by atoms with Crippen molar-refractivity contribution in [2.45, 2.75) is 44.9 Å². The molecular formula is C14H23N3OS. The summed E-state index contributed by atoms with van der Waals surface area (Å²) in [6.45, 7) is 3.20. The SMILES string of the molecule is CC(CNC(=O)C1(CN)CCCCC1)c1nccs1. The lowest BCUT2D eigenvalue weighted by molar-refractivity contribution is -0.132. The van der Waals surface area contributed by atoms with Gasteiger partial charge in [-0.2, -0.15) is 0 Å². The fraction of sp³-hybridized carbons (Fsp3) is 0.714. The number of nitrogens with one attached hydrogen (secondary N) is 1. The van der Waals surface area contributed by atoms with Crippen molar-refractivity contribution < 1.29 is 4.79 Å². The Bertz CT molecular complexity index is 399. The molecule has 2 rings (SSSR count). The zero-order valence-electron chi connectivity index (χ0n) is 11.5. The van der Waals surface area contributed by atoms with Crippen LogP contribution in [0.15, 0.2) is 11.6 Å². The first kappa shape index (κ1) is 14.5. The maximum absolute atomic E-state index is 12.4. The van der Waals surface area contributed by atoms with Crippen LogP contribution < -0.4 is 11.1 Å². The molecule has 3 N–H and O–H groups in total. The summed E-state index contributed by atoms with van der Waals surface area (Å²) in [5.74, 6) is 0.403. The summed E-state index contributed by atoms with van der Waals surface area (Å²) >= 11 is 1.64. The molecule has 0 saturated heterocycles. The van der Waals surface area contributed by atoms with Gasteiger partial charge < -0.3 is 11.1 Å². The minimum Gasteiger partial charge on any atom is -0.355 e. The standard InChI is InChI=1S/C14H23N3OS/c1-11(12-16-7-8-19-12)9-17-13(18)14(10-15)5-3-2-4-6-14/h7-8,11H,2-6,9-10,15H2,1H3,(H,17,18). The highest BCUT2D eigenvalue weighted by atomic mass is 32.1. The first-order valence-corrected chi connectivity index (χ1v) is 7.94. The van der Waals surface area contributed by atoms with Gasteiger partial charge >= 0.3 is 0 Å². The number of aromatic nitrogens is 1. The molecule has 1 aliphatic carbocycles. The van der Waals surface area contributed by atoms with Crippen LogP contribution in [0.3, 0.4) is 0 Å². The van der Waals surface area contributed by atoms with E-state index in [0.717, 1.165) is 30.7 Å². The number of nitrogens with two attached hydrogens (primary N) is 1. The van der Waals surface area contributed by atoms with E-state index < -0.39 is 0 Å². The summed E-state index contributed by atoms with van der Waals surface area (Å²) < 4.78 is 0. The second-order valence-electron chi connectivity index (χ2n) is 5.53. The number of carbonyl (C=O) groups is 1. The molecular weight excluding hydrogens is 258 g/mol. The van der Waals surface area contributed by atoms with Gasteiger partial charge in [0.25, 0.3) is 0 Å². The van der Waals surface area contributed by atoms with Crippen LogP contribution >= 0.6 is 11.3 Å². The van der Waals surface area contributed by atoms with E-state index >= 15 is 0 Å². The highest BCUT2D eigenvalue weighted by Crippen LogP contribution is 2.35. The third-order valence-corrected chi connectivity index (χ3v) is 5.13. The monoisotopic (exact) mass is 281 g/mol. The van der Waals surface area contributed by atoms with E-state index in [4.69, 9.17) is 5.73 Å². The van der Waals surface area contributed by atoms with Crippen molar-refractivity contribution in [1.29, 1.82) is 0 Å². The molecule has 0 aliphatic heterocycles. The Morgan fingerprint density at radius 2 is 2.26 bits per heavy atom. The van der Waals surface area contributed by atoms with E-state index in [1.807, 2.05) is 5.38 Å². The Morgan fingerprint density at radius 3 is 2.84 bits per heavy atom. The molecule has 106 valence electrons. The van der Waals surface area contributed by atoms with Crippen molar-refractivity contribution >= 4 is 17.2 Å². The van der Waals surface area contributed by atoms with Crippen LogP contribution in [0.2, 0.25) is 0 Å². The van der Waals surface area contributed by atoms with Gasteiger partial charge in [0.15, 0.2) is 0 Å². The minimum absolute atomic E-state index is 0.137. The lowest BCUT2D eigenvalue weighted by Crippen LogP contribution is -2.47. The maximum atomic E-state index is 12.4. The Balaban J connectivity index is 1.89. The average Bonchev–Trinajstić information content (AvgIpc) is 2.99. The molecule has 1 atom stereocenters. The molecule has 1 fully saturated rings.